The molecule has 1 aromatic heterocycles. The molecule has 43 heavy (non-hydrogen) atoms. The van der Waals surface area contributed by atoms with Gasteiger partial charge in [-0.2, -0.15) is 0 Å². The maximum absolute atomic E-state index is 13.6. The third-order valence-electron chi connectivity index (χ3n) is 8.33. The van der Waals surface area contributed by atoms with Crippen LogP contribution in [0.1, 0.15) is 90.0 Å². The minimum atomic E-state index is -0.843. The van der Waals surface area contributed by atoms with Crippen LogP contribution in [-0.4, -0.2) is 64.6 Å². The van der Waals surface area contributed by atoms with E-state index in [0.717, 1.165) is 17.6 Å². The van der Waals surface area contributed by atoms with Crippen molar-refractivity contribution in [3.63, 3.8) is 0 Å². The van der Waals surface area contributed by atoms with Gasteiger partial charge in [0, 0.05) is 50.5 Å². The molecule has 4 atom stereocenters. The number of amides is 1. The maximum atomic E-state index is 13.6. The molecule has 1 aromatic rings. The summed E-state index contributed by atoms with van der Waals surface area (Å²) >= 11 is 0. The van der Waals surface area contributed by atoms with E-state index in [2.05, 4.69) is 11.6 Å². The minimum Gasteiger partial charge on any atom is -0.465 e. The fourth-order valence-corrected chi connectivity index (χ4v) is 5.66. The molecule has 0 radical (unpaired) electrons. The van der Waals surface area contributed by atoms with Gasteiger partial charge >= 0.3 is 11.9 Å². The molecular weight excluding hydrogens is 548 g/mol. The Kier molecular flexibility index (Phi) is 13.8. The van der Waals surface area contributed by atoms with Crippen LogP contribution in [0.25, 0.3) is 0 Å². The van der Waals surface area contributed by atoms with E-state index in [0.29, 0.717) is 57.9 Å². The summed E-state index contributed by atoms with van der Waals surface area (Å²) in [6, 6.07) is 2.99. The maximum Gasteiger partial charge on any atom is 0.329 e. The van der Waals surface area contributed by atoms with Gasteiger partial charge in [0.05, 0.1) is 6.61 Å². The molecule has 3 heterocycles. The fraction of sp³-hybridized carbons (Fsp3) is 0.588. The zero-order valence-corrected chi connectivity index (χ0v) is 25.6. The number of ketones is 2. The number of carbonyl (C=O) groups is 5. The summed E-state index contributed by atoms with van der Waals surface area (Å²) < 4.78 is 11.4. The van der Waals surface area contributed by atoms with Gasteiger partial charge in [-0.25, -0.2) is 4.79 Å². The van der Waals surface area contributed by atoms with Crippen LogP contribution < -0.4 is 0 Å². The molecule has 0 N–H and O–H groups in total. The highest BCUT2D eigenvalue weighted by atomic mass is 16.5. The number of aromatic nitrogens is 1. The molecule has 0 saturated carbocycles. The summed E-state index contributed by atoms with van der Waals surface area (Å²) in [5.41, 5.74) is 1.95. The smallest absolute Gasteiger partial charge is 0.329 e. The van der Waals surface area contributed by atoms with E-state index in [1.54, 1.807) is 18.5 Å². The van der Waals surface area contributed by atoms with Crippen LogP contribution in [0.4, 0.5) is 0 Å². The third kappa shape index (κ3) is 10.9. The van der Waals surface area contributed by atoms with Gasteiger partial charge in [0.1, 0.15) is 17.9 Å². The Labute approximate surface area is 255 Å². The normalized spacial score (nSPS) is 27.2. The second-order valence-corrected chi connectivity index (χ2v) is 11.8. The van der Waals surface area contributed by atoms with Gasteiger partial charge in [0.15, 0.2) is 0 Å². The van der Waals surface area contributed by atoms with Crippen molar-refractivity contribution < 1.29 is 33.4 Å². The van der Waals surface area contributed by atoms with Gasteiger partial charge in [0.2, 0.25) is 5.78 Å². The minimum absolute atomic E-state index is 0.0152. The van der Waals surface area contributed by atoms with E-state index in [-0.39, 0.29) is 43.5 Å². The van der Waals surface area contributed by atoms with Crippen LogP contribution in [0.3, 0.4) is 0 Å². The van der Waals surface area contributed by atoms with Crippen molar-refractivity contribution >= 4 is 29.4 Å². The molecule has 1 amide bonds. The highest BCUT2D eigenvalue weighted by molar-refractivity contribution is 6.36. The number of ether oxygens (including phenoxy) is 2. The highest BCUT2D eigenvalue weighted by Crippen LogP contribution is 2.26. The highest BCUT2D eigenvalue weighted by Gasteiger charge is 2.37. The lowest BCUT2D eigenvalue weighted by Gasteiger charge is -2.35. The number of cyclic esters (lactones) is 2. The van der Waals surface area contributed by atoms with Crippen LogP contribution in [0.2, 0.25) is 0 Å². The number of rotatable bonds is 5. The van der Waals surface area contributed by atoms with Crippen molar-refractivity contribution in [3.8, 4) is 0 Å². The van der Waals surface area contributed by atoms with Crippen molar-refractivity contribution in [2.24, 2.45) is 11.8 Å². The predicted octanol–water partition coefficient (Wildman–Crippen LogP) is 5.12. The molecule has 0 aromatic carbocycles. The number of nitrogens with zero attached hydrogens (tertiary/aromatic N) is 2. The van der Waals surface area contributed by atoms with Crippen LogP contribution in [-0.2, 0) is 39.9 Å². The number of pyridine rings is 1. The monoisotopic (exact) mass is 594 g/mol. The summed E-state index contributed by atoms with van der Waals surface area (Å²) in [5, 5.41) is 0. The number of hydrogen-bond acceptors (Lipinski definition) is 8. The fourth-order valence-electron chi connectivity index (χ4n) is 5.66. The molecule has 1 saturated heterocycles. The predicted molar refractivity (Wildman–Crippen MR) is 162 cm³/mol. The van der Waals surface area contributed by atoms with Crippen molar-refractivity contribution in [2.75, 3.05) is 13.2 Å². The lowest BCUT2D eigenvalue weighted by atomic mass is 9.88. The largest absolute Gasteiger partial charge is 0.465 e. The topological polar surface area (TPSA) is 120 Å². The van der Waals surface area contributed by atoms with E-state index < -0.39 is 35.8 Å². The van der Waals surface area contributed by atoms with Gasteiger partial charge in [0.25, 0.3) is 5.91 Å². The van der Waals surface area contributed by atoms with Gasteiger partial charge < -0.3 is 14.4 Å². The van der Waals surface area contributed by atoms with E-state index in [1.807, 2.05) is 32.1 Å². The quantitative estimate of drug-likeness (QED) is 0.262. The molecule has 9 nitrogen and oxygen atoms in total. The average molecular weight is 595 g/mol. The van der Waals surface area contributed by atoms with Crippen LogP contribution >= 0.6 is 0 Å². The van der Waals surface area contributed by atoms with E-state index in [4.69, 9.17) is 9.47 Å². The summed E-state index contributed by atoms with van der Waals surface area (Å²) in [7, 11) is 0. The van der Waals surface area contributed by atoms with E-state index in [9.17, 15) is 24.0 Å². The number of allylic oxidation sites excluding steroid dienone is 2. The SMILES string of the molecule is C=CCC1/C=C(\C)CCOC(=O)CCCC(=O)C(=O)N2CCCC[C@H]2C(=O)O[C@H](CCc2cccnc2)[C@H](C)CCC1=O. The Morgan fingerprint density at radius 1 is 1.05 bits per heavy atom. The Morgan fingerprint density at radius 2 is 1.86 bits per heavy atom. The Hall–Kier alpha value is -3.62. The average Bonchev–Trinajstić information content (AvgIpc) is 3.01. The third-order valence-corrected chi connectivity index (χ3v) is 8.33. The first-order chi connectivity index (χ1) is 20.7. The van der Waals surface area contributed by atoms with E-state index in [1.165, 1.54) is 4.90 Å². The van der Waals surface area contributed by atoms with Crippen LogP contribution in [0.15, 0.2) is 48.8 Å². The zero-order valence-electron chi connectivity index (χ0n) is 25.6. The number of fused-ring (bicyclic) bond motifs is 1. The molecule has 2 aliphatic heterocycles. The first-order valence-corrected chi connectivity index (χ1v) is 15.6. The first-order valence-electron chi connectivity index (χ1n) is 15.6. The Bertz CT molecular complexity index is 1160. The molecule has 1 fully saturated rings. The number of esters is 2. The lowest BCUT2D eigenvalue weighted by Crippen LogP contribution is -2.51. The number of Topliss-reactive ketones (excluding diaryl/α,β-unsaturated/α-hetero) is 2. The van der Waals surface area contributed by atoms with E-state index >= 15 is 0 Å². The standard InChI is InChI=1S/C34H46N2O7/c1-4-9-27-22-24(2)18-21-42-32(39)13-7-12-30(38)33(40)36-20-6-5-11-28(36)34(41)43-31(25(3)14-16-29(27)37)17-15-26-10-8-19-35-23-26/h4,8,10,19,22-23,25,27-28,31H,1,5-7,9,11-18,20-21H2,2-3H3/b24-22+/t25-,27?,28+,31-/m1/s1. The molecule has 234 valence electrons. The molecule has 9 heteroatoms. The second kappa shape index (κ2) is 17.5. The molecule has 0 bridgehead atoms. The van der Waals surface area contributed by atoms with Crippen molar-refractivity contribution in [2.45, 2.75) is 103 Å². The Morgan fingerprint density at radius 3 is 2.60 bits per heavy atom. The number of carbonyl (C=O) groups excluding carboxylic acids is 5. The molecular formula is C34H46N2O7. The molecule has 1 unspecified atom stereocenters. The van der Waals surface area contributed by atoms with Gasteiger partial charge in [-0.1, -0.05) is 30.7 Å². The summed E-state index contributed by atoms with van der Waals surface area (Å²) in [6.45, 7) is 8.17. The lowest BCUT2D eigenvalue weighted by molar-refractivity contribution is -0.165. The van der Waals surface area contributed by atoms with Crippen LogP contribution in [0.5, 0.6) is 0 Å². The van der Waals surface area contributed by atoms with Gasteiger partial charge in [-0.05, 0) is 75.8 Å². The Balaban J connectivity index is 1.84. The first kappa shape index (κ1) is 33.9. The molecule has 0 aliphatic carbocycles. The van der Waals surface area contributed by atoms with Crippen molar-refractivity contribution in [3.05, 3.63) is 54.4 Å². The molecule has 0 spiro atoms. The summed E-state index contributed by atoms with van der Waals surface area (Å²) in [6.07, 6.45) is 11.6. The molecule has 2 aliphatic rings. The summed E-state index contributed by atoms with van der Waals surface area (Å²) in [4.78, 5) is 70.5. The van der Waals surface area contributed by atoms with Crippen molar-refractivity contribution in [1.82, 2.24) is 9.88 Å². The summed E-state index contributed by atoms with van der Waals surface area (Å²) in [5.74, 6) is -2.67. The molecule has 3 rings (SSSR count). The van der Waals surface area contributed by atoms with Crippen LogP contribution in [0, 0.1) is 11.8 Å². The van der Waals surface area contributed by atoms with Gasteiger partial charge in [-0.15, -0.1) is 6.58 Å². The number of piperidine rings is 1. The van der Waals surface area contributed by atoms with Crippen molar-refractivity contribution in [1.29, 1.82) is 0 Å². The van der Waals surface area contributed by atoms with Gasteiger partial charge in [-0.3, -0.25) is 24.2 Å². The zero-order chi connectivity index (χ0) is 31.2. The second-order valence-electron chi connectivity index (χ2n) is 11.8. The number of aryl methyl sites for hydroxylation is 1. The number of hydrogen-bond donors (Lipinski definition) is 0.